The molecule has 2 atom stereocenters. The van der Waals surface area contributed by atoms with E-state index in [2.05, 4.69) is 5.32 Å². The molecule has 3 aromatic rings. The Hall–Kier alpha value is -4.26. The molecule has 7 nitrogen and oxygen atoms in total. The Labute approximate surface area is 216 Å². The van der Waals surface area contributed by atoms with Gasteiger partial charge in [0.15, 0.2) is 11.5 Å². The average molecular weight is 499 g/mol. The van der Waals surface area contributed by atoms with Crippen molar-refractivity contribution in [3.8, 4) is 17.2 Å². The number of methoxy groups -OCH3 is 2. The van der Waals surface area contributed by atoms with Crippen LogP contribution in [0.2, 0.25) is 0 Å². The first kappa shape index (κ1) is 24.4. The fourth-order valence-corrected chi connectivity index (χ4v) is 5.06. The number of β-lactam (4-membered cyclic amide) rings is 1. The molecule has 5 rings (SSSR count). The van der Waals surface area contributed by atoms with Crippen LogP contribution in [0.25, 0.3) is 6.08 Å². The number of amides is 2. The number of likely N-dealkylation sites (tertiary alicyclic amines) is 1. The molecular formula is C30H30N2O5. The van der Waals surface area contributed by atoms with E-state index in [1.165, 1.54) is 0 Å². The summed E-state index contributed by atoms with van der Waals surface area (Å²) in [5.41, 5.74) is 5.14. The van der Waals surface area contributed by atoms with Gasteiger partial charge in [-0.2, -0.15) is 0 Å². The Kier molecular flexibility index (Phi) is 6.61. The lowest BCUT2D eigenvalue weighted by atomic mass is 9.88. The second-order valence-corrected chi connectivity index (χ2v) is 9.34. The molecule has 1 N–H and O–H groups in total. The number of nitrogens with one attached hydrogen (secondary N) is 1. The van der Waals surface area contributed by atoms with Gasteiger partial charge in [-0.05, 0) is 60.4 Å². The summed E-state index contributed by atoms with van der Waals surface area (Å²) in [6, 6.07) is 18.0. The molecule has 7 heteroatoms. The van der Waals surface area contributed by atoms with Crippen molar-refractivity contribution in [2.45, 2.75) is 32.4 Å². The van der Waals surface area contributed by atoms with Crippen molar-refractivity contribution >= 4 is 23.6 Å². The van der Waals surface area contributed by atoms with Crippen LogP contribution in [0.15, 0.2) is 66.2 Å². The fourth-order valence-electron chi connectivity index (χ4n) is 5.06. The largest absolute Gasteiger partial charge is 0.493 e. The van der Waals surface area contributed by atoms with Gasteiger partial charge in [0.05, 0.1) is 26.7 Å². The fraction of sp³-hybridized carbons (Fsp3) is 0.267. The lowest BCUT2D eigenvalue weighted by Gasteiger charge is -2.46. The second kappa shape index (κ2) is 10.0. The highest BCUT2D eigenvalue weighted by Gasteiger charge is 2.46. The summed E-state index contributed by atoms with van der Waals surface area (Å²) in [5.74, 6) is 1.57. The highest BCUT2D eigenvalue weighted by Crippen LogP contribution is 2.42. The topological polar surface area (TPSA) is 77.1 Å². The highest BCUT2D eigenvalue weighted by molar-refractivity contribution is 6.02. The first-order valence-corrected chi connectivity index (χ1v) is 12.2. The number of fused-ring (bicyclic) bond motifs is 1. The number of benzene rings is 3. The third-order valence-electron chi connectivity index (χ3n) is 7.05. The maximum Gasteiger partial charge on any atom is 0.251 e. The summed E-state index contributed by atoms with van der Waals surface area (Å²) >= 11 is 0. The third kappa shape index (κ3) is 4.53. The minimum atomic E-state index is -0.841. The number of carbonyl (C=O) groups excluding carboxylic acids is 2. The van der Waals surface area contributed by atoms with Crippen molar-refractivity contribution in [3.63, 3.8) is 0 Å². The van der Waals surface area contributed by atoms with E-state index in [1.54, 1.807) is 19.1 Å². The van der Waals surface area contributed by atoms with Gasteiger partial charge in [-0.15, -0.1) is 0 Å². The van der Waals surface area contributed by atoms with E-state index in [-0.39, 0.29) is 24.5 Å². The number of ether oxygens (including phenoxy) is 3. The Bertz CT molecular complexity index is 1380. The Morgan fingerprint density at radius 1 is 1.00 bits per heavy atom. The number of carbonyl (C=O) groups is 2. The van der Waals surface area contributed by atoms with Gasteiger partial charge in [0, 0.05) is 11.3 Å². The maximum atomic E-state index is 14.0. The van der Waals surface area contributed by atoms with Gasteiger partial charge in [0.2, 0.25) is 5.91 Å². The van der Waals surface area contributed by atoms with Gasteiger partial charge in [-0.3, -0.25) is 9.59 Å². The van der Waals surface area contributed by atoms with Crippen LogP contribution in [0.5, 0.6) is 17.2 Å². The van der Waals surface area contributed by atoms with E-state index < -0.39 is 6.04 Å². The van der Waals surface area contributed by atoms with E-state index in [0.717, 1.165) is 39.3 Å². The van der Waals surface area contributed by atoms with Crippen LogP contribution in [0.1, 0.15) is 34.7 Å². The number of anilines is 1. The van der Waals surface area contributed by atoms with E-state index in [1.807, 2.05) is 80.6 Å². The predicted molar refractivity (Wildman–Crippen MR) is 142 cm³/mol. The first-order chi connectivity index (χ1) is 17.9. The van der Waals surface area contributed by atoms with Crippen LogP contribution in [0.3, 0.4) is 0 Å². The van der Waals surface area contributed by atoms with Crippen LogP contribution in [-0.4, -0.2) is 43.6 Å². The smallest absolute Gasteiger partial charge is 0.251 e. The molecule has 1 fully saturated rings. The molecule has 2 amide bonds. The minimum absolute atomic E-state index is 0.0961. The summed E-state index contributed by atoms with van der Waals surface area (Å²) in [5, 5.41) is 3.11. The Morgan fingerprint density at radius 2 is 1.73 bits per heavy atom. The molecule has 0 bridgehead atoms. The number of rotatable bonds is 7. The van der Waals surface area contributed by atoms with Crippen molar-refractivity contribution in [3.05, 3.63) is 88.5 Å². The predicted octanol–water partition coefficient (Wildman–Crippen LogP) is 5.08. The summed E-state index contributed by atoms with van der Waals surface area (Å²) in [7, 11) is 3.16. The molecule has 2 unspecified atom stereocenters. The average Bonchev–Trinajstić information content (AvgIpc) is 2.91. The van der Waals surface area contributed by atoms with Gasteiger partial charge < -0.3 is 24.4 Å². The molecule has 190 valence electrons. The summed E-state index contributed by atoms with van der Waals surface area (Å²) < 4.78 is 16.9. The SMILES string of the molecule is COc1ccc(C2CC(=O)N2C(C(=O)Nc2c(C)cccc2C)C2=Cc3ccccc3OC2)cc1OC. The number of para-hydroxylation sites is 2. The molecule has 1 saturated heterocycles. The third-order valence-corrected chi connectivity index (χ3v) is 7.05. The minimum Gasteiger partial charge on any atom is -0.493 e. The standard InChI is InChI=1S/C30H30N2O5/c1-18-8-7-9-19(2)28(18)31-30(34)29(22-14-21-10-5-6-11-24(21)37-17-22)32-23(16-27(32)33)20-12-13-25(35-3)26(15-20)36-4/h5-15,23,29H,16-17H2,1-4H3,(H,31,34). The molecule has 2 aliphatic rings. The summed E-state index contributed by atoms with van der Waals surface area (Å²) in [6.45, 7) is 4.13. The monoisotopic (exact) mass is 498 g/mol. The van der Waals surface area contributed by atoms with Crippen molar-refractivity contribution in [2.75, 3.05) is 26.1 Å². The zero-order chi connectivity index (χ0) is 26.1. The van der Waals surface area contributed by atoms with Crippen molar-refractivity contribution < 1.29 is 23.8 Å². The Morgan fingerprint density at radius 3 is 2.43 bits per heavy atom. The molecule has 0 aliphatic carbocycles. The van der Waals surface area contributed by atoms with Crippen LogP contribution >= 0.6 is 0 Å². The summed E-state index contributed by atoms with van der Waals surface area (Å²) in [6.07, 6.45) is 2.26. The zero-order valence-electron chi connectivity index (χ0n) is 21.4. The number of hydrogen-bond donors (Lipinski definition) is 1. The molecular weight excluding hydrogens is 468 g/mol. The van der Waals surface area contributed by atoms with Crippen LogP contribution in [-0.2, 0) is 9.59 Å². The lowest BCUT2D eigenvalue weighted by molar-refractivity contribution is -0.152. The van der Waals surface area contributed by atoms with E-state index in [4.69, 9.17) is 14.2 Å². The molecule has 0 radical (unpaired) electrons. The molecule has 0 spiro atoms. The van der Waals surface area contributed by atoms with Gasteiger partial charge >= 0.3 is 0 Å². The molecule has 2 heterocycles. The molecule has 2 aliphatic heterocycles. The molecule has 0 aromatic heterocycles. The lowest BCUT2D eigenvalue weighted by Crippen LogP contribution is -2.57. The Balaban J connectivity index is 1.55. The quantitative estimate of drug-likeness (QED) is 0.460. The second-order valence-electron chi connectivity index (χ2n) is 9.34. The van der Waals surface area contributed by atoms with Gasteiger partial charge in [-0.25, -0.2) is 0 Å². The highest BCUT2D eigenvalue weighted by atomic mass is 16.5. The normalized spacial score (nSPS) is 17.1. The van der Waals surface area contributed by atoms with Crippen LogP contribution in [0, 0.1) is 13.8 Å². The van der Waals surface area contributed by atoms with Crippen molar-refractivity contribution in [2.24, 2.45) is 0 Å². The van der Waals surface area contributed by atoms with Crippen molar-refractivity contribution in [1.82, 2.24) is 4.90 Å². The van der Waals surface area contributed by atoms with Crippen LogP contribution < -0.4 is 19.5 Å². The van der Waals surface area contributed by atoms with Crippen LogP contribution in [0.4, 0.5) is 5.69 Å². The number of hydrogen-bond acceptors (Lipinski definition) is 5. The zero-order valence-corrected chi connectivity index (χ0v) is 21.4. The van der Waals surface area contributed by atoms with Gasteiger partial charge in [0.1, 0.15) is 18.4 Å². The summed E-state index contributed by atoms with van der Waals surface area (Å²) in [4.78, 5) is 28.8. The van der Waals surface area contributed by atoms with Crippen molar-refractivity contribution in [1.29, 1.82) is 0 Å². The van der Waals surface area contributed by atoms with Gasteiger partial charge in [-0.1, -0.05) is 42.5 Å². The number of nitrogens with zero attached hydrogens (tertiary/aromatic N) is 1. The molecule has 3 aromatic carbocycles. The van der Waals surface area contributed by atoms with E-state index in [0.29, 0.717) is 17.9 Å². The maximum absolute atomic E-state index is 14.0. The number of aryl methyl sites for hydroxylation is 2. The van der Waals surface area contributed by atoms with E-state index in [9.17, 15) is 9.59 Å². The first-order valence-electron chi connectivity index (χ1n) is 12.2. The molecule has 37 heavy (non-hydrogen) atoms. The van der Waals surface area contributed by atoms with E-state index >= 15 is 0 Å². The van der Waals surface area contributed by atoms with Gasteiger partial charge in [0.25, 0.3) is 5.91 Å². The molecule has 0 saturated carbocycles.